The second-order valence-corrected chi connectivity index (χ2v) is 4.52. The standard InChI is InChI=1S/C14H12ClN/c15-12-8-6-11(7-9-12)14-13(16-14)10-4-2-1-3-5-10/h1-9,13-14,16H/t13-,14+/m1/s1. The van der Waals surface area contributed by atoms with E-state index in [0.717, 1.165) is 5.02 Å². The van der Waals surface area contributed by atoms with Crippen molar-refractivity contribution >= 4 is 11.6 Å². The zero-order valence-electron chi connectivity index (χ0n) is 8.73. The fourth-order valence-electron chi connectivity index (χ4n) is 2.05. The number of rotatable bonds is 2. The molecule has 0 aliphatic carbocycles. The predicted molar refractivity (Wildman–Crippen MR) is 66.5 cm³/mol. The molecule has 1 aliphatic heterocycles. The number of hydrogen-bond acceptors (Lipinski definition) is 1. The zero-order valence-corrected chi connectivity index (χ0v) is 9.48. The van der Waals surface area contributed by atoms with Gasteiger partial charge in [-0.15, -0.1) is 0 Å². The topological polar surface area (TPSA) is 21.9 Å². The van der Waals surface area contributed by atoms with Crippen LogP contribution in [0.3, 0.4) is 0 Å². The average Bonchev–Trinajstić information content (AvgIpc) is 3.11. The summed E-state index contributed by atoms with van der Waals surface area (Å²) in [5.41, 5.74) is 2.65. The van der Waals surface area contributed by atoms with Crippen LogP contribution in [-0.2, 0) is 0 Å². The van der Waals surface area contributed by atoms with Gasteiger partial charge in [0.25, 0.3) is 0 Å². The molecule has 1 saturated heterocycles. The molecular weight excluding hydrogens is 218 g/mol. The SMILES string of the molecule is Clc1ccc([C@@H]2N[C@@H]2c2ccccc2)cc1. The fraction of sp³-hybridized carbons (Fsp3) is 0.143. The Balaban J connectivity index is 1.79. The molecule has 0 radical (unpaired) electrons. The Morgan fingerprint density at radius 1 is 0.750 bits per heavy atom. The highest BCUT2D eigenvalue weighted by Gasteiger charge is 2.38. The van der Waals surface area contributed by atoms with Gasteiger partial charge in [-0.3, -0.25) is 5.32 Å². The normalized spacial score (nSPS) is 23.1. The van der Waals surface area contributed by atoms with Gasteiger partial charge in [0.2, 0.25) is 0 Å². The van der Waals surface area contributed by atoms with Crippen LogP contribution in [-0.4, -0.2) is 0 Å². The van der Waals surface area contributed by atoms with Gasteiger partial charge in [-0.25, -0.2) is 0 Å². The molecule has 0 unspecified atom stereocenters. The lowest BCUT2D eigenvalue weighted by atomic mass is 10.0. The first-order valence-electron chi connectivity index (χ1n) is 5.41. The van der Waals surface area contributed by atoms with Crippen molar-refractivity contribution in [3.05, 3.63) is 70.7 Å². The Kier molecular flexibility index (Phi) is 2.43. The summed E-state index contributed by atoms with van der Waals surface area (Å²) < 4.78 is 0. The van der Waals surface area contributed by atoms with E-state index in [1.54, 1.807) is 0 Å². The minimum Gasteiger partial charge on any atom is -0.300 e. The number of hydrogen-bond donors (Lipinski definition) is 1. The molecule has 0 saturated carbocycles. The van der Waals surface area contributed by atoms with Crippen LogP contribution in [0.1, 0.15) is 23.2 Å². The van der Waals surface area contributed by atoms with Crippen LogP contribution >= 0.6 is 11.6 Å². The van der Waals surface area contributed by atoms with Crippen molar-refractivity contribution in [3.63, 3.8) is 0 Å². The van der Waals surface area contributed by atoms with Crippen molar-refractivity contribution in [3.8, 4) is 0 Å². The van der Waals surface area contributed by atoms with E-state index in [9.17, 15) is 0 Å². The van der Waals surface area contributed by atoms with Crippen molar-refractivity contribution in [1.29, 1.82) is 0 Å². The molecular formula is C14H12ClN. The van der Waals surface area contributed by atoms with Crippen LogP contribution in [0, 0.1) is 0 Å². The third-order valence-electron chi connectivity index (χ3n) is 2.97. The fourth-order valence-corrected chi connectivity index (χ4v) is 2.17. The van der Waals surface area contributed by atoms with Crippen molar-refractivity contribution in [2.75, 3.05) is 0 Å². The summed E-state index contributed by atoms with van der Waals surface area (Å²) >= 11 is 5.87. The minimum absolute atomic E-state index is 0.444. The number of nitrogens with one attached hydrogen (secondary N) is 1. The molecule has 1 aliphatic rings. The van der Waals surface area contributed by atoms with Gasteiger partial charge in [-0.2, -0.15) is 0 Å². The Hall–Kier alpha value is -1.31. The van der Waals surface area contributed by atoms with Crippen LogP contribution in [0.25, 0.3) is 0 Å². The molecule has 0 aromatic heterocycles. The molecule has 3 rings (SSSR count). The summed E-state index contributed by atoms with van der Waals surface area (Å²) in [6.07, 6.45) is 0. The van der Waals surface area contributed by atoms with Gasteiger partial charge in [0.1, 0.15) is 0 Å². The maximum Gasteiger partial charge on any atom is 0.0523 e. The Labute approximate surface area is 100 Å². The van der Waals surface area contributed by atoms with Crippen LogP contribution in [0.5, 0.6) is 0 Å². The van der Waals surface area contributed by atoms with E-state index in [1.165, 1.54) is 11.1 Å². The van der Waals surface area contributed by atoms with Crippen LogP contribution in [0.15, 0.2) is 54.6 Å². The van der Waals surface area contributed by atoms with Crippen molar-refractivity contribution < 1.29 is 0 Å². The highest BCUT2D eigenvalue weighted by atomic mass is 35.5. The first kappa shape index (κ1) is 9.88. The molecule has 1 fully saturated rings. The minimum atomic E-state index is 0.444. The van der Waals surface area contributed by atoms with Gasteiger partial charge >= 0.3 is 0 Å². The number of halogens is 1. The van der Waals surface area contributed by atoms with Gasteiger partial charge < -0.3 is 0 Å². The van der Waals surface area contributed by atoms with Crippen molar-refractivity contribution in [2.45, 2.75) is 12.1 Å². The molecule has 0 spiro atoms. The molecule has 0 amide bonds. The third-order valence-corrected chi connectivity index (χ3v) is 3.22. The second kappa shape index (κ2) is 3.93. The van der Waals surface area contributed by atoms with E-state index in [1.807, 2.05) is 18.2 Å². The largest absolute Gasteiger partial charge is 0.300 e. The summed E-state index contributed by atoms with van der Waals surface area (Å²) in [5, 5.41) is 4.27. The highest BCUT2D eigenvalue weighted by molar-refractivity contribution is 6.30. The zero-order chi connectivity index (χ0) is 11.0. The average molecular weight is 230 g/mol. The summed E-state index contributed by atoms with van der Waals surface area (Å²) in [4.78, 5) is 0. The molecule has 1 heterocycles. The van der Waals surface area contributed by atoms with E-state index in [0.29, 0.717) is 12.1 Å². The van der Waals surface area contributed by atoms with Crippen molar-refractivity contribution in [1.82, 2.24) is 5.32 Å². The smallest absolute Gasteiger partial charge is 0.0523 e. The molecule has 2 atom stereocenters. The summed E-state index contributed by atoms with van der Waals surface area (Å²) in [6.45, 7) is 0. The molecule has 1 N–H and O–H groups in total. The lowest BCUT2D eigenvalue weighted by Gasteiger charge is -1.99. The van der Waals surface area contributed by atoms with Crippen LogP contribution in [0.4, 0.5) is 0 Å². The molecule has 80 valence electrons. The van der Waals surface area contributed by atoms with Gasteiger partial charge in [0.15, 0.2) is 0 Å². The Bertz CT molecular complexity index is 478. The highest BCUT2D eigenvalue weighted by Crippen LogP contribution is 2.42. The quantitative estimate of drug-likeness (QED) is 0.779. The van der Waals surface area contributed by atoms with E-state index in [4.69, 9.17) is 11.6 Å². The first-order valence-corrected chi connectivity index (χ1v) is 5.79. The predicted octanol–water partition coefficient (Wildman–Crippen LogP) is 3.73. The maximum absolute atomic E-state index is 5.87. The molecule has 1 nitrogen and oxygen atoms in total. The van der Waals surface area contributed by atoms with E-state index in [-0.39, 0.29) is 0 Å². The molecule has 2 aromatic carbocycles. The van der Waals surface area contributed by atoms with Crippen LogP contribution in [0.2, 0.25) is 5.02 Å². The lowest BCUT2D eigenvalue weighted by molar-refractivity contribution is 1.03. The second-order valence-electron chi connectivity index (χ2n) is 4.08. The summed E-state index contributed by atoms with van der Waals surface area (Å²) in [7, 11) is 0. The molecule has 2 aromatic rings. The van der Waals surface area contributed by atoms with E-state index < -0.39 is 0 Å². The molecule has 0 bridgehead atoms. The molecule has 16 heavy (non-hydrogen) atoms. The van der Waals surface area contributed by atoms with Gasteiger partial charge in [-0.1, -0.05) is 54.1 Å². The van der Waals surface area contributed by atoms with E-state index in [2.05, 4.69) is 41.7 Å². The summed E-state index contributed by atoms with van der Waals surface area (Å²) in [6, 6.07) is 19.5. The van der Waals surface area contributed by atoms with Gasteiger partial charge in [-0.05, 0) is 23.3 Å². The first-order chi connectivity index (χ1) is 7.84. The van der Waals surface area contributed by atoms with E-state index >= 15 is 0 Å². The van der Waals surface area contributed by atoms with Crippen molar-refractivity contribution in [2.24, 2.45) is 0 Å². The Morgan fingerprint density at radius 2 is 1.31 bits per heavy atom. The van der Waals surface area contributed by atoms with Gasteiger partial charge in [0, 0.05) is 5.02 Å². The number of benzene rings is 2. The van der Waals surface area contributed by atoms with Crippen LogP contribution < -0.4 is 5.32 Å². The third kappa shape index (κ3) is 1.84. The van der Waals surface area contributed by atoms with Gasteiger partial charge in [0.05, 0.1) is 12.1 Å². The molecule has 2 heteroatoms. The summed E-state index contributed by atoms with van der Waals surface area (Å²) in [5.74, 6) is 0. The maximum atomic E-state index is 5.87. The Morgan fingerprint density at radius 3 is 1.94 bits per heavy atom. The monoisotopic (exact) mass is 229 g/mol. The lowest BCUT2D eigenvalue weighted by Crippen LogP contribution is -1.83.